The Balaban J connectivity index is 1.63. The van der Waals surface area contributed by atoms with Gasteiger partial charge in [0.25, 0.3) is 0 Å². The molecule has 1 aromatic carbocycles. The first-order valence-electron chi connectivity index (χ1n) is 11.1. The predicted octanol–water partition coefficient (Wildman–Crippen LogP) is 6.59. The Bertz CT molecular complexity index is 660. The summed E-state index contributed by atoms with van der Waals surface area (Å²) in [4.78, 5) is 0. The van der Waals surface area contributed by atoms with Crippen molar-refractivity contribution >= 4 is 7.12 Å². The zero-order valence-electron chi connectivity index (χ0n) is 18.2. The molecule has 2 saturated carbocycles. The minimum atomic E-state index is -0.233. The number of rotatable bonds is 3. The molecular formula is C24H37BO2. The lowest BCUT2D eigenvalue weighted by Crippen LogP contribution is -2.50. The summed E-state index contributed by atoms with van der Waals surface area (Å²) in [6, 6.07) is 6.74. The van der Waals surface area contributed by atoms with Gasteiger partial charge in [0.2, 0.25) is 0 Å². The lowest BCUT2D eigenvalue weighted by Gasteiger charge is -2.55. The predicted molar refractivity (Wildman–Crippen MR) is 113 cm³/mol. The normalized spacial score (nSPS) is 33.1. The SMILES string of the molecule is Cc1cccc(C)c1C1CC(B2OC(C)(C)C(C)(C)O2)(C2CCCCC2)C1. The molecule has 148 valence electrons. The molecule has 1 heterocycles. The summed E-state index contributed by atoms with van der Waals surface area (Å²) in [7, 11) is -0.0498. The van der Waals surface area contributed by atoms with Gasteiger partial charge in [-0.1, -0.05) is 50.3 Å². The number of benzene rings is 1. The van der Waals surface area contributed by atoms with Crippen LogP contribution in [-0.4, -0.2) is 18.3 Å². The second-order valence-electron chi connectivity index (χ2n) is 10.6. The van der Waals surface area contributed by atoms with Crippen LogP contribution in [0.15, 0.2) is 18.2 Å². The zero-order valence-corrected chi connectivity index (χ0v) is 18.2. The highest BCUT2D eigenvalue weighted by atomic mass is 16.7. The van der Waals surface area contributed by atoms with E-state index in [1.807, 2.05) is 0 Å². The fraction of sp³-hybridized carbons (Fsp3) is 0.750. The average Bonchev–Trinajstić information content (AvgIpc) is 2.78. The zero-order chi connectivity index (χ0) is 19.4. The molecule has 2 nitrogen and oxygen atoms in total. The van der Waals surface area contributed by atoms with Crippen LogP contribution in [0.4, 0.5) is 0 Å². The van der Waals surface area contributed by atoms with Gasteiger partial charge in [0.15, 0.2) is 0 Å². The Morgan fingerprint density at radius 3 is 1.89 bits per heavy atom. The van der Waals surface area contributed by atoms with Crippen LogP contribution in [0.5, 0.6) is 0 Å². The van der Waals surface area contributed by atoms with E-state index in [-0.39, 0.29) is 23.6 Å². The van der Waals surface area contributed by atoms with Crippen molar-refractivity contribution in [3.05, 3.63) is 34.9 Å². The first-order valence-corrected chi connectivity index (χ1v) is 11.1. The molecule has 0 amide bonds. The molecule has 0 atom stereocenters. The summed E-state index contributed by atoms with van der Waals surface area (Å²) in [5.41, 5.74) is 4.02. The fourth-order valence-corrected chi connectivity index (χ4v) is 6.01. The molecule has 0 bridgehead atoms. The summed E-state index contributed by atoms with van der Waals surface area (Å²) in [5.74, 6) is 1.41. The van der Waals surface area contributed by atoms with Crippen LogP contribution in [0.3, 0.4) is 0 Å². The number of hydrogen-bond acceptors (Lipinski definition) is 2. The Kier molecular flexibility index (Phi) is 4.79. The van der Waals surface area contributed by atoms with Gasteiger partial charge in [0.1, 0.15) is 0 Å². The van der Waals surface area contributed by atoms with Crippen molar-refractivity contribution in [1.82, 2.24) is 0 Å². The fourth-order valence-electron chi connectivity index (χ4n) is 6.01. The molecular weight excluding hydrogens is 331 g/mol. The lowest BCUT2D eigenvalue weighted by molar-refractivity contribution is 0.00578. The van der Waals surface area contributed by atoms with Crippen molar-refractivity contribution in [2.75, 3.05) is 0 Å². The molecule has 4 rings (SSSR count). The molecule has 0 aromatic heterocycles. The van der Waals surface area contributed by atoms with E-state index in [1.165, 1.54) is 56.1 Å². The number of hydrogen-bond donors (Lipinski definition) is 0. The molecule has 0 N–H and O–H groups in total. The summed E-state index contributed by atoms with van der Waals surface area (Å²) < 4.78 is 13.3. The van der Waals surface area contributed by atoms with Crippen molar-refractivity contribution in [2.45, 2.75) is 109 Å². The topological polar surface area (TPSA) is 18.5 Å². The smallest absolute Gasteiger partial charge is 0.403 e. The maximum Gasteiger partial charge on any atom is 0.464 e. The van der Waals surface area contributed by atoms with Gasteiger partial charge in [-0.25, -0.2) is 0 Å². The maximum absolute atomic E-state index is 6.65. The largest absolute Gasteiger partial charge is 0.464 e. The highest BCUT2D eigenvalue weighted by Gasteiger charge is 2.65. The monoisotopic (exact) mass is 368 g/mol. The lowest BCUT2D eigenvalue weighted by atomic mass is 9.37. The Hall–Kier alpha value is -0.795. The van der Waals surface area contributed by atoms with E-state index in [2.05, 4.69) is 59.7 Å². The molecule has 3 heteroatoms. The minimum Gasteiger partial charge on any atom is -0.403 e. The molecule has 0 spiro atoms. The van der Waals surface area contributed by atoms with Crippen LogP contribution < -0.4 is 0 Å². The van der Waals surface area contributed by atoms with E-state index in [0.29, 0.717) is 5.92 Å². The maximum atomic E-state index is 6.65. The molecule has 1 aliphatic heterocycles. The summed E-state index contributed by atoms with van der Waals surface area (Å²) in [5, 5.41) is 0.199. The molecule has 1 aromatic rings. The average molecular weight is 368 g/mol. The minimum absolute atomic E-state index is 0.0498. The second-order valence-corrected chi connectivity index (χ2v) is 10.6. The first kappa shape index (κ1) is 19.5. The third-order valence-corrected chi connectivity index (χ3v) is 8.34. The van der Waals surface area contributed by atoms with Crippen molar-refractivity contribution in [3.8, 4) is 0 Å². The van der Waals surface area contributed by atoms with Gasteiger partial charge in [-0.15, -0.1) is 0 Å². The molecule has 0 unspecified atom stereocenters. The van der Waals surface area contributed by atoms with Crippen LogP contribution >= 0.6 is 0 Å². The molecule has 3 fully saturated rings. The Morgan fingerprint density at radius 1 is 0.852 bits per heavy atom. The molecule has 1 saturated heterocycles. The van der Waals surface area contributed by atoms with Gasteiger partial charge in [0, 0.05) is 5.31 Å². The third kappa shape index (κ3) is 3.10. The van der Waals surface area contributed by atoms with Crippen LogP contribution in [0, 0.1) is 19.8 Å². The van der Waals surface area contributed by atoms with E-state index in [0.717, 1.165) is 5.92 Å². The van der Waals surface area contributed by atoms with Crippen molar-refractivity contribution in [3.63, 3.8) is 0 Å². The highest BCUT2D eigenvalue weighted by Crippen LogP contribution is 2.68. The standard InChI is InChI=1S/C24H37BO2/c1-17-11-10-12-18(2)21(17)19-15-24(16-19,20-13-8-7-9-14-20)25-26-22(3,4)23(5,6)27-25/h10-12,19-20H,7-9,13-16H2,1-6H3. The van der Waals surface area contributed by atoms with E-state index in [1.54, 1.807) is 5.56 Å². The summed E-state index contributed by atoms with van der Waals surface area (Å²) in [6.45, 7) is 13.3. The molecule has 27 heavy (non-hydrogen) atoms. The van der Waals surface area contributed by atoms with Gasteiger partial charge in [-0.2, -0.15) is 0 Å². The van der Waals surface area contributed by atoms with E-state index in [9.17, 15) is 0 Å². The van der Waals surface area contributed by atoms with E-state index >= 15 is 0 Å². The van der Waals surface area contributed by atoms with Gasteiger partial charge < -0.3 is 9.31 Å². The summed E-state index contributed by atoms with van der Waals surface area (Å²) >= 11 is 0. The highest BCUT2D eigenvalue weighted by molar-refractivity contribution is 6.50. The third-order valence-electron chi connectivity index (χ3n) is 8.34. The quantitative estimate of drug-likeness (QED) is 0.560. The van der Waals surface area contributed by atoms with E-state index in [4.69, 9.17) is 9.31 Å². The van der Waals surface area contributed by atoms with Gasteiger partial charge in [0.05, 0.1) is 11.2 Å². The van der Waals surface area contributed by atoms with Gasteiger partial charge in [-0.3, -0.25) is 0 Å². The molecule has 3 aliphatic rings. The van der Waals surface area contributed by atoms with Crippen molar-refractivity contribution in [1.29, 1.82) is 0 Å². The molecule has 2 aliphatic carbocycles. The van der Waals surface area contributed by atoms with Crippen LogP contribution in [0.2, 0.25) is 5.31 Å². The number of aryl methyl sites for hydroxylation is 2. The summed E-state index contributed by atoms with van der Waals surface area (Å²) in [6.07, 6.45) is 9.30. The van der Waals surface area contributed by atoms with Crippen molar-refractivity contribution < 1.29 is 9.31 Å². The van der Waals surface area contributed by atoms with Gasteiger partial charge >= 0.3 is 7.12 Å². The van der Waals surface area contributed by atoms with Crippen LogP contribution in [0.25, 0.3) is 0 Å². The molecule has 0 radical (unpaired) electrons. The van der Waals surface area contributed by atoms with Gasteiger partial charge in [-0.05, 0) is 82.9 Å². The van der Waals surface area contributed by atoms with Crippen LogP contribution in [0.1, 0.15) is 95.2 Å². The van der Waals surface area contributed by atoms with Crippen LogP contribution in [-0.2, 0) is 9.31 Å². The second kappa shape index (κ2) is 6.63. The van der Waals surface area contributed by atoms with E-state index < -0.39 is 0 Å². The Labute approximate surface area is 166 Å². The Morgan fingerprint density at radius 2 is 1.37 bits per heavy atom. The van der Waals surface area contributed by atoms with Crippen molar-refractivity contribution in [2.24, 2.45) is 5.92 Å². The first-order chi connectivity index (χ1) is 12.7.